The van der Waals surface area contributed by atoms with E-state index in [1.165, 1.54) is 0 Å². The number of thiol groups is 1. The van der Waals surface area contributed by atoms with Crippen LogP contribution in [0.4, 0.5) is 0 Å². The molecule has 0 aliphatic heterocycles. The molecular formula is C5H12O2SSn. The van der Waals surface area contributed by atoms with Crippen LogP contribution in [0.2, 0.25) is 9.88 Å². The summed E-state index contributed by atoms with van der Waals surface area (Å²) >= 11 is 3.48. The Morgan fingerprint density at radius 3 is 2.00 bits per heavy atom. The zero-order chi connectivity index (χ0) is 7.70. The summed E-state index contributed by atoms with van der Waals surface area (Å²) in [4.78, 5) is 14.5. The zero-order valence-electron chi connectivity index (χ0n) is 5.97. The van der Waals surface area contributed by atoms with Crippen molar-refractivity contribution in [2.45, 2.75) is 23.2 Å². The molecule has 4 heteroatoms. The van der Waals surface area contributed by atoms with Crippen LogP contribution in [0.5, 0.6) is 0 Å². The topological polar surface area (TPSA) is 26.3 Å². The molecule has 9 heavy (non-hydrogen) atoms. The van der Waals surface area contributed by atoms with E-state index in [2.05, 4.69) is 27.0 Å². The van der Waals surface area contributed by atoms with Gasteiger partial charge >= 0.3 is 37.0 Å². The fraction of sp³-hybridized carbons (Fsp3) is 0.800. The van der Waals surface area contributed by atoms with Gasteiger partial charge < -0.3 is 4.18 Å². The monoisotopic (exact) mass is 256 g/mol. The van der Waals surface area contributed by atoms with Gasteiger partial charge in [0.1, 0.15) is 0 Å². The second kappa shape index (κ2) is 11.4. The fourth-order valence-corrected chi connectivity index (χ4v) is 0.194. The van der Waals surface area contributed by atoms with Gasteiger partial charge in [0.15, 0.2) is 0 Å². The molecule has 0 spiro atoms. The molecule has 0 fully saturated rings. The van der Waals surface area contributed by atoms with E-state index in [-0.39, 0.29) is 27.1 Å². The first-order valence-corrected chi connectivity index (χ1v) is 8.72. The van der Waals surface area contributed by atoms with Crippen LogP contribution in [0, 0.1) is 0 Å². The molecule has 0 aliphatic rings. The van der Waals surface area contributed by atoms with Crippen LogP contribution >= 0.6 is 12.9 Å². The normalized spacial score (nSPS) is 7.11. The SMILES string of the molecule is CCC(=O)OS.[CH3][Sn][CH3]. The Kier molecular flexibility index (Phi) is 15.6. The molecule has 0 rings (SSSR count). The second-order valence-corrected chi connectivity index (χ2v) is 4.35. The van der Waals surface area contributed by atoms with Gasteiger partial charge in [-0.1, -0.05) is 6.92 Å². The summed E-state index contributed by atoms with van der Waals surface area (Å²) in [7, 11) is 0. The van der Waals surface area contributed by atoms with Crippen molar-refractivity contribution in [3.8, 4) is 0 Å². The van der Waals surface area contributed by atoms with Crippen molar-refractivity contribution >= 4 is 40.0 Å². The molecule has 0 heterocycles. The molecule has 54 valence electrons. The van der Waals surface area contributed by atoms with Gasteiger partial charge in [-0.05, 0) is 0 Å². The summed E-state index contributed by atoms with van der Waals surface area (Å²) in [6, 6.07) is 0. The molecule has 0 aromatic rings. The molecule has 0 unspecified atom stereocenters. The molecule has 0 saturated heterocycles. The molecule has 0 N–H and O–H groups in total. The van der Waals surface area contributed by atoms with Crippen LogP contribution in [-0.4, -0.2) is 27.1 Å². The van der Waals surface area contributed by atoms with Crippen LogP contribution in [0.15, 0.2) is 0 Å². The Labute approximate surface area is 72.2 Å². The van der Waals surface area contributed by atoms with Gasteiger partial charge in [0, 0.05) is 19.3 Å². The maximum atomic E-state index is 9.88. The average Bonchev–Trinajstić information content (AvgIpc) is 1.88. The van der Waals surface area contributed by atoms with Crippen LogP contribution in [0.1, 0.15) is 13.3 Å². The van der Waals surface area contributed by atoms with Gasteiger partial charge in [0.2, 0.25) is 0 Å². The molecule has 0 amide bonds. The summed E-state index contributed by atoms with van der Waals surface area (Å²) in [6.45, 7) is 1.71. The van der Waals surface area contributed by atoms with Crippen LogP contribution in [0.25, 0.3) is 0 Å². The third-order valence-electron chi connectivity index (χ3n) is 0.390. The Morgan fingerprint density at radius 2 is 2.00 bits per heavy atom. The molecule has 0 aromatic carbocycles. The second-order valence-electron chi connectivity index (χ2n) is 1.32. The molecule has 0 bridgehead atoms. The first-order valence-electron chi connectivity index (χ1n) is 2.65. The summed E-state index contributed by atoms with van der Waals surface area (Å²) in [6.07, 6.45) is 0.392. The Morgan fingerprint density at radius 1 is 1.67 bits per heavy atom. The minimum absolute atomic E-state index is 0.230. The van der Waals surface area contributed by atoms with Gasteiger partial charge in [-0.2, -0.15) is 0 Å². The Balaban J connectivity index is 0. The third-order valence-corrected chi connectivity index (χ3v) is 0.594. The van der Waals surface area contributed by atoms with E-state index in [1.807, 2.05) is 0 Å². The van der Waals surface area contributed by atoms with E-state index in [9.17, 15) is 4.79 Å². The van der Waals surface area contributed by atoms with Crippen molar-refractivity contribution in [1.82, 2.24) is 0 Å². The first kappa shape index (κ1) is 12.3. The van der Waals surface area contributed by atoms with E-state index < -0.39 is 0 Å². The molecule has 0 saturated carbocycles. The number of carbonyl (C=O) groups excluding carboxylic acids is 1. The van der Waals surface area contributed by atoms with Crippen molar-refractivity contribution in [3.05, 3.63) is 0 Å². The van der Waals surface area contributed by atoms with Crippen molar-refractivity contribution in [2.75, 3.05) is 0 Å². The number of hydrogen-bond acceptors (Lipinski definition) is 3. The number of carbonyl (C=O) groups is 1. The first-order chi connectivity index (χ1) is 4.22. The van der Waals surface area contributed by atoms with Gasteiger partial charge in [-0.3, -0.25) is 4.79 Å². The van der Waals surface area contributed by atoms with Crippen LogP contribution < -0.4 is 0 Å². The molecule has 2 radical (unpaired) electrons. The summed E-state index contributed by atoms with van der Waals surface area (Å²) < 4.78 is 3.95. The van der Waals surface area contributed by atoms with Gasteiger partial charge in [0.05, 0.1) is 0 Å². The minimum atomic E-state index is -0.293. The third kappa shape index (κ3) is 17.7. The van der Waals surface area contributed by atoms with Crippen molar-refractivity contribution in [2.24, 2.45) is 0 Å². The van der Waals surface area contributed by atoms with Crippen LogP contribution in [-0.2, 0) is 8.98 Å². The Bertz CT molecular complexity index is 62.0. The van der Waals surface area contributed by atoms with E-state index in [1.54, 1.807) is 6.92 Å². The molecule has 2 nitrogen and oxygen atoms in total. The summed E-state index contributed by atoms with van der Waals surface area (Å²) in [5.74, 6) is -0.293. The number of hydrogen-bond donors (Lipinski definition) is 1. The van der Waals surface area contributed by atoms with Crippen molar-refractivity contribution in [1.29, 1.82) is 0 Å². The quantitative estimate of drug-likeness (QED) is 0.437. The van der Waals surface area contributed by atoms with Crippen molar-refractivity contribution in [3.63, 3.8) is 0 Å². The summed E-state index contributed by atoms with van der Waals surface area (Å²) in [5.41, 5.74) is 0. The Hall–Kier alpha value is 0.619. The maximum absolute atomic E-state index is 9.88. The molecular weight excluding hydrogens is 243 g/mol. The molecule has 0 aromatic heterocycles. The van der Waals surface area contributed by atoms with Crippen LogP contribution in [0.3, 0.4) is 0 Å². The van der Waals surface area contributed by atoms with E-state index in [0.717, 1.165) is 0 Å². The standard InChI is InChI=1S/C3H6O2S.2CH3.Sn/c1-2-3(4)5-6;;;/h6H,2H2,1H3;2*1H3;. The zero-order valence-corrected chi connectivity index (χ0v) is 9.72. The predicted octanol–water partition coefficient (Wildman–Crippen LogP) is 1.57. The average molecular weight is 255 g/mol. The van der Waals surface area contributed by atoms with Gasteiger partial charge in [-0.15, -0.1) is 0 Å². The number of rotatable bonds is 1. The van der Waals surface area contributed by atoms with Crippen molar-refractivity contribution < 1.29 is 8.98 Å². The van der Waals surface area contributed by atoms with Gasteiger partial charge in [0.25, 0.3) is 0 Å². The van der Waals surface area contributed by atoms with E-state index >= 15 is 0 Å². The fourth-order valence-electron chi connectivity index (χ4n) is 0.0645. The molecule has 0 aliphatic carbocycles. The predicted molar refractivity (Wildman–Crippen MR) is 42.9 cm³/mol. The van der Waals surface area contributed by atoms with Gasteiger partial charge in [-0.25, -0.2) is 0 Å². The van der Waals surface area contributed by atoms with E-state index in [0.29, 0.717) is 6.42 Å². The molecule has 0 atom stereocenters. The summed E-state index contributed by atoms with van der Waals surface area (Å²) in [5, 5.41) is 0. The van der Waals surface area contributed by atoms with E-state index in [4.69, 9.17) is 0 Å².